The molecular weight excluding hydrogens is 230 g/mol. The molecule has 0 aromatic heterocycles. The number of ether oxygens (including phenoxy) is 3. The molecule has 0 saturated carbocycles. The van der Waals surface area contributed by atoms with Crippen molar-refractivity contribution in [2.45, 2.75) is 24.8 Å². The molecule has 1 aromatic carbocycles. The molecule has 2 N–H and O–H groups in total. The Morgan fingerprint density at radius 2 is 1.94 bits per heavy atom. The first-order chi connectivity index (χ1) is 8.67. The molecule has 100 valence electrons. The van der Waals surface area contributed by atoms with Crippen LogP contribution >= 0.6 is 0 Å². The Labute approximate surface area is 108 Å². The van der Waals surface area contributed by atoms with E-state index < -0.39 is 0 Å². The van der Waals surface area contributed by atoms with Crippen LogP contribution in [0.3, 0.4) is 0 Å². The molecule has 0 unspecified atom stereocenters. The molecule has 0 bridgehead atoms. The minimum Gasteiger partial charge on any atom is -0.497 e. The maximum atomic E-state index is 6.42. The Kier molecular flexibility index (Phi) is 4.09. The minimum atomic E-state index is -0.180. The number of rotatable bonds is 4. The molecule has 2 rings (SSSR count). The molecule has 1 heterocycles. The van der Waals surface area contributed by atoms with Crippen LogP contribution in [0.15, 0.2) is 18.2 Å². The number of hydrogen-bond donors (Lipinski definition) is 1. The highest BCUT2D eigenvalue weighted by atomic mass is 16.5. The second-order valence-electron chi connectivity index (χ2n) is 4.83. The van der Waals surface area contributed by atoms with Crippen molar-refractivity contribution in [1.82, 2.24) is 0 Å². The van der Waals surface area contributed by atoms with E-state index in [1.807, 2.05) is 18.2 Å². The van der Waals surface area contributed by atoms with E-state index in [0.717, 1.165) is 49.5 Å². The molecule has 0 atom stereocenters. The average Bonchev–Trinajstić information content (AvgIpc) is 2.39. The molecule has 1 aliphatic rings. The molecule has 1 saturated heterocycles. The summed E-state index contributed by atoms with van der Waals surface area (Å²) in [5.74, 6) is 1.64. The smallest absolute Gasteiger partial charge is 0.125 e. The van der Waals surface area contributed by atoms with Crippen LogP contribution in [0.2, 0.25) is 0 Å². The third-order valence-corrected chi connectivity index (χ3v) is 3.53. The third kappa shape index (κ3) is 2.94. The Balaban J connectivity index is 2.17. The Hall–Kier alpha value is -1.26. The topological polar surface area (TPSA) is 53.7 Å². The fourth-order valence-corrected chi connectivity index (χ4v) is 2.33. The van der Waals surface area contributed by atoms with Gasteiger partial charge >= 0.3 is 0 Å². The molecular formula is C14H21NO3. The van der Waals surface area contributed by atoms with Gasteiger partial charge in [0.05, 0.1) is 14.2 Å². The van der Waals surface area contributed by atoms with Crippen molar-refractivity contribution in [3.63, 3.8) is 0 Å². The zero-order chi connectivity index (χ0) is 13.0. The third-order valence-electron chi connectivity index (χ3n) is 3.53. The summed E-state index contributed by atoms with van der Waals surface area (Å²) >= 11 is 0. The molecule has 1 fully saturated rings. The summed E-state index contributed by atoms with van der Waals surface area (Å²) in [6.07, 6.45) is 2.59. The van der Waals surface area contributed by atoms with Gasteiger partial charge in [0.2, 0.25) is 0 Å². The zero-order valence-electron chi connectivity index (χ0n) is 11.1. The Morgan fingerprint density at radius 3 is 2.56 bits per heavy atom. The van der Waals surface area contributed by atoms with E-state index >= 15 is 0 Å². The lowest BCUT2D eigenvalue weighted by Crippen LogP contribution is -2.46. The van der Waals surface area contributed by atoms with Gasteiger partial charge < -0.3 is 19.9 Å². The van der Waals surface area contributed by atoms with Crippen LogP contribution in [0, 0.1) is 0 Å². The summed E-state index contributed by atoms with van der Waals surface area (Å²) in [6, 6.07) is 5.88. The maximum Gasteiger partial charge on any atom is 0.125 e. The first-order valence-electron chi connectivity index (χ1n) is 6.24. The summed E-state index contributed by atoms with van der Waals surface area (Å²) in [5.41, 5.74) is 7.37. The second-order valence-corrected chi connectivity index (χ2v) is 4.83. The summed E-state index contributed by atoms with van der Waals surface area (Å²) in [4.78, 5) is 0. The summed E-state index contributed by atoms with van der Waals surface area (Å²) in [5, 5.41) is 0. The molecule has 18 heavy (non-hydrogen) atoms. The first-order valence-corrected chi connectivity index (χ1v) is 6.24. The molecule has 4 heteroatoms. The number of nitrogens with two attached hydrogens (primary N) is 1. The molecule has 0 amide bonds. The lowest BCUT2D eigenvalue weighted by atomic mass is 9.84. The van der Waals surface area contributed by atoms with E-state index in [0.29, 0.717) is 0 Å². The van der Waals surface area contributed by atoms with Crippen molar-refractivity contribution in [2.24, 2.45) is 5.73 Å². The fraction of sp³-hybridized carbons (Fsp3) is 0.571. The standard InChI is InChI=1S/C14H21NO3/c1-16-12-4-3-11(13(9-12)17-2)10-14(15)5-7-18-8-6-14/h3-4,9H,5-8,10,15H2,1-2H3. The Bertz CT molecular complexity index is 400. The van der Waals surface area contributed by atoms with E-state index in [1.165, 1.54) is 0 Å². The maximum absolute atomic E-state index is 6.42. The van der Waals surface area contributed by atoms with Crippen molar-refractivity contribution < 1.29 is 14.2 Å². The van der Waals surface area contributed by atoms with E-state index in [1.54, 1.807) is 14.2 Å². The van der Waals surface area contributed by atoms with Crippen molar-refractivity contribution in [1.29, 1.82) is 0 Å². The molecule has 4 nitrogen and oxygen atoms in total. The quantitative estimate of drug-likeness (QED) is 0.886. The fourth-order valence-electron chi connectivity index (χ4n) is 2.33. The highest BCUT2D eigenvalue weighted by molar-refractivity contribution is 5.41. The van der Waals surface area contributed by atoms with Crippen molar-refractivity contribution in [2.75, 3.05) is 27.4 Å². The minimum absolute atomic E-state index is 0.180. The van der Waals surface area contributed by atoms with Gasteiger partial charge in [-0.1, -0.05) is 6.07 Å². The molecule has 0 radical (unpaired) electrons. The largest absolute Gasteiger partial charge is 0.497 e. The number of benzene rings is 1. The summed E-state index contributed by atoms with van der Waals surface area (Å²) in [6.45, 7) is 1.49. The van der Waals surface area contributed by atoms with Gasteiger partial charge in [0.25, 0.3) is 0 Å². The highest BCUT2D eigenvalue weighted by Crippen LogP contribution is 2.30. The molecule has 0 aliphatic carbocycles. The summed E-state index contributed by atoms with van der Waals surface area (Å²) < 4.78 is 16.0. The predicted molar refractivity (Wildman–Crippen MR) is 70.2 cm³/mol. The van der Waals surface area contributed by atoms with Crippen molar-refractivity contribution in [3.8, 4) is 11.5 Å². The number of hydrogen-bond acceptors (Lipinski definition) is 4. The zero-order valence-corrected chi connectivity index (χ0v) is 11.1. The van der Waals surface area contributed by atoms with Gasteiger partial charge in [-0.05, 0) is 30.9 Å². The SMILES string of the molecule is COc1ccc(CC2(N)CCOCC2)c(OC)c1. The van der Waals surface area contributed by atoms with Gasteiger partial charge in [0.15, 0.2) is 0 Å². The summed E-state index contributed by atoms with van der Waals surface area (Å²) in [7, 11) is 3.32. The predicted octanol–water partition coefficient (Wildman–Crippen LogP) is 1.75. The molecule has 1 aliphatic heterocycles. The van der Waals surface area contributed by atoms with E-state index in [-0.39, 0.29) is 5.54 Å². The van der Waals surface area contributed by atoms with Gasteiger partial charge in [-0.25, -0.2) is 0 Å². The number of methoxy groups -OCH3 is 2. The monoisotopic (exact) mass is 251 g/mol. The lowest BCUT2D eigenvalue weighted by molar-refractivity contribution is 0.0531. The van der Waals surface area contributed by atoms with Crippen LogP contribution in [0.1, 0.15) is 18.4 Å². The lowest BCUT2D eigenvalue weighted by Gasteiger charge is -2.33. The first kappa shape index (κ1) is 13.2. The average molecular weight is 251 g/mol. The van der Waals surface area contributed by atoms with Gasteiger partial charge in [0, 0.05) is 24.8 Å². The van der Waals surface area contributed by atoms with Crippen LogP contribution in [0.5, 0.6) is 11.5 Å². The molecule has 0 spiro atoms. The van der Waals surface area contributed by atoms with Gasteiger partial charge in [0.1, 0.15) is 11.5 Å². The van der Waals surface area contributed by atoms with Crippen LogP contribution in [0.4, 0.5) is 0 Å². The Morgan fingerprint density at radius 1 is 1.22 bits per heavy atom. The van der Waals surface area contributed by atoms with Gasteiger partial charge in [-0.3, -0.25) is 0 Å². The van der Waals surface area contributed by atoms with E-state index in [2.05, 4.69) is 0 Å². The molecule has 1 aromatic rings. The second kappa shape index (κ2) is 5.59. The van der Waals surface area contributed by atoms with Gasteiger partial charge in [-0.15, -0.1) is 0 Å². The van der Waals surface area contributed by atoms with Gasteiger partial charge in [-0.2, -0.15) is 0 Å². The van der Waals surface area contributed by atoms with Crippen molar-refractivity contribution >= 4 is 0 Å². The van der Waals surface area contributed by atoms with Crippen molar-refractivity contribution in [3.05, 3.63) is 23.8 Å². The normalized spacial score (nSPS) is 18.4. The van der Waals surface area contributed by atoms with Crippen LogP contribution in [-0.4, -0.2) is 33.0 Å². The van der Waals surface area contributed by atoms with E-state index in [9.17, 15) is 0 Å². The van der Waals surface area contributed by atoms with E-state index in [4.69, 9.17) is 19.9 Å². The van der Waals surface area contributed by atoms with Crippen LogP contribution < -0.4 is 15.2 Å². The highest BCUT2D eigenvalue weighted by Gasteiger charge is 2.29. The van der Waals surface area contributed by atoms with Crippen LogP contribution in [-0.2, 0) is 11.2 Å². The van der Waals surface area contributed by atoms with Crippen LogP contribution in [0.25, 0.3) is 0 Å².